The van der Waals surface area contributed by atoms with Crippen LogP contribution in [0.3, 0.4) is 0 Å². The van der Waals surface area contributed by atoms with Crippen LogP contribution in [0, 0.1) is 11.8 Å². The van der Waals surface area contributed by atoms with Gasteiger partial charge in [-0.3, -0.25) is 4.79 Å². The highest BCUT2D eigenvalue weighted by Crippen LogP contribution is 2.10. The lowest BCUT2D eigenvalue weighted by atomic mass is 10.2. The number of anilines is 1. The van der Waals surface area contributed by atoms with E-state index in [1.54, 1.807) is 6.20 Å². The molecule has 3 nitrogen and oxygen atoms in total. The predicted molar refractivity (Wildman–Crippen MR) is 80.2 cm³/mol. The van der Waals surface area contributed by atoms with Crippen molar-refractivity contribution >= 4 is 11.6 Å². The molecule has 2 aromatic rings. The molecule has 1 aromatic carbocycles. The molecule has 0 fully saturated rings. The highest BCUT2D eigenvalue weighted by Gasteiger charge is 2.00. The Bertz CT molecular complexity index is 639. The van der Waals surface area contributed by atoms with Crippen LogP contribution in [0.15, 0.2) is 48.7 Å². The Morgan fingerprint density at radius 3 is 2.85 bits per heavy atom. The van der Waals surface area contributed by atoms with Crippen molar-refractivity contribution in [1.82, 2.24) is 4.98 Å². The fraction of sp³-hybridized carbons (Fsp3) is 0.176. The minimum Gasteiger partial charge on any atom is -0.326 e. The van der Waals surface area contributed by atoms with Crippen LogP contribution < -0.4 is 5.32 Å². The number of pyridine rings is 1. The fourth-order valence-corrected chi connectivity index (χ4v) is 1.70. The molecule has 1 aromatic heterocycles. The lowest BCUT2D eigenvalue weighted by Crippen LogP contribution is -2.10. The van der Waals surface area contributed by atoms with Gasteiger partial charge in [0.15, 0.2) is 0 Å². The normalized spacial score (nSPS) is 9.45. The number of amides is 1. The van der Waals surface area contributed by atoms with Gasteiger partial charge in [-0.25, -0.2) is 4.98 Å². The van der Waals surface area contributed by atoms with Crippen LogP contribution in [-0.4, -0.2) is 10.9 Å². The molecule has 2 rings (SSSR count). The van der Waals surface area contributed by atoms with Gasteiger partial charge in [0.05, 0.1) is 0 Å². The Morgan fingerprint density at radius 2 is 2.10 bits per heavy atom. The zero-order valence-electron chi connectivity index (χ0n) is 11.4. The van der Waals surface area contributed by atoms with Crippen LogP contribution in [0.5, 0.6) is 0 Å². The van der Waals surface area contributed by atoms with E-state index in [0.717, 1.165) is 23.4 Å². The second kappa shape index (κ2) is 7.10. The van der Waals surface area contributed by atoms with Crippen LogP contribution in [0.1, 0.15) is 31.0 Å². The minimum atomic E-state index is 0.0299. The Balaban J connectivity index is 2.11. The van der Waals surface area contributed by atoms with Crippen molar-refractivity contribution in [3.63, 3.8) is 0 Å². The van der Waals surface area contributed by atoms with E-state index in [4.69, 9.17) is 0 Å². The highest BCUT2D eigenvalue weighted by molar-refractivity contribution is 5.90. The Kier molecular flexibility index (Phi) is 4.91. The molecule has 0 saturated heterocycles. The first-order chi connectivity index (χ1) is 9.78. The number of nitrogens with zero attached hydrogens (tertiary/aromatic N) is 1. The molecule has 0 atom stereocenters. The van der Waals surface area contributed by atoms with Gasteiger partial charge < -0.3 is 5.32 Å². The second-order valence-electron chi connectivity index (χ2n) is 4.34. The van der Waals surface area contributed by atoms with Crippen molar-refractivity contribution < 1.29 is 4.79 Å². The maximum atomic E-state index is 11.5. The molecule has 1 heterocycles. The average molecular weight is 264 g/mol. The number of carbonyl (C=O) groups is 1. The quantitative estimate of drug-likeness (QED) is 0.865. The topological polar surface area (TPSA) is 42.0 Å². The zero-order valence-corrected chi connectivity index (χ0v) is 11.4. The van der Waals surface area contributed by atoms with Gasteiger partial charge >= 0.3 is 0 Å². The standard InChI is InChI=1S/C17H16N2O/c1-2-6-17(20)19-16-9-5-7-14(13-16)10-11-15-8-3-4-12-18-15/h3-5,7-9,12-13H,2,6H2,1H3,(H,19,20). The monoisotopic (exact) mass is 264 g/mol. The summed E-state index contributed by atoms with van der Waals surface area (Å²) in [6.45, 7) is 1.98. The summed E-state index contributed by atoms with van der Waals surface area (Å²) in [6, 6.07) is 13.1. The van der Waals surface area contributed by atoms with E-state index in [1.165, 1.54) is 0 Å². The Hall–Kier alpha value is -2.60. The molecule has 20 heavy (non-hydrogen) atoms. The molecule has 0 spiro atoms. The summed E-state index contributed by atoms with van der Waals surface area (Å²) >= 11 is 0. The molecule has 0 unspecified atom stereocenters. The van der Waals surface area contributed by atoms with Gasteiger partial charge in [-0.05, 0) is 42.7 Å². The third kappa shape index (κ3) is 4.25. The van der Waals surface area contributed by atoms with Gasteiger partial charge in [-0.15, -0.1) is 0 Å². The van der Waals surface area contributed by atoms with E-state index in [9.17, 15) is 4.79 Å². The molecular weight excluding hydrogens is 248 g/mol. The van der Waals surface area contributed by atoms with Gasteiger partial charge in [-0.1, -0.05) is 25.0 Å². The molecule has 0 bridgehead atoms. The summed E-state index contributed by atoms with van der Waals surface area (Å²) in [4.78, 5) is 15.7. The maximum absolute atomic E-state index is 11.5. The first-order valence-corrected chi connectivity index (χ1v) is 6.61. The summed E-state index contributed by atoms with van der Waals surface area (Å²) in [7, 11) is 0. The van der Waals surface area contributed by atoms with E-state index in [0.29, 0.717) is 6.42 Å². The average Bonchev–Trinajstić information content (AvgIpc) is 2.47. The summed E-state index contributed by atoms with van der Waals surface area (Å²) in [5, 5.41) is 2.86. The van der Waals surface area contributed by atoms with Gasteiger partial charge in [0.2, 0.25) is 5.91 Å². The predicted octanol–water partition coefficient (Wildman–Crippen LogP) is 3.22. The van der Waals surface area contributed by atoms with E-state index in [2.05, 4.69) is 22.1 Å². The van der Waals surface area contributed by atoms with Crippen molar-refractivity contribution in [2.45, 2.75) is 19.8 Å². The Labute approximate surface area is 119 Å². The van der Waals surface area contributed by atoms with Crippen LogP contribution >= 0.6 is 0 Å². The number of benzene rings is 1. The van der Waals surface area contributed by atoms with Gasteiger partial charge in [0.25, 0.3) is 0 Å². The second-order valence-corrected chi connectivity index (χ2v) is 4.34. The Morgan fingerprint density at radius 1 is 1.20 bits per heavy atom. The van der Waals surface area contributed by atoms with Gasteiger partial charge in [-0.2, -0.15) is 0 Å². The van der Waals surface area contributed by atoms with Crippen molar-refractivity contribution in [3.8, 4) is 11.8 Å². The molecule has 3 heteroatoms. The number of hydrogen-bond acceptors (Lipinski definition) is 2. The molecule has 1 N–H and O–H groups in total. The smallest absolute Gasteiger partial charge is 0.224 e. The first-order valence-electron chi connectivity index (χ1n) is 6.61. The summed E-state index contributed by atoms with van der Waals surface area (Å²) in [5.41, 5.74) is 2.36. The van der Waals surface area contributed by atoms with Crippen LogP contribution in [0.25, 0.3) is 0 Å². The third-order valence-corrected chi connectivity index (χ3v) is 2.62. The zero-order chi connectivity index (χ0) is 14.2. The van der Waals surface area contributed by atoms with Gasteiger partial charge in [0.1, 0.15) is 5.69 Å². The molecule has 0 saturated carbocycles. The van der Waals surface area contributed by atoms with E-state index in [1.807, 2.05) is 49.4 Å². The lowest BCUT2D eigenvalue weighted by molar-refractivity contribution is -0.116. The van der Waals surface area contributed by atoms with E-state index >= 15 is 0 Å². The number of rotatable bonds is 3. The third-order valence-electron chi connectivity index (χ3n) is 2.62. The van der Waals surface area contributed by atoms with Crippen LogP contribution in [0.4, 0.5) is 5.69 Å². The largest absolute Gasteiger partial charge is 0.326 e. The number of nitrogens with one attached hydrogen (secondary N) is 1. The molecular formula is C17H16N2O. The van der Waals surface area contributed by atoms with E-state index < -0.39 is 0 Å². The molecule has 1 amide bonds. The number of carbonyl (C=O) groups excluding carboxylic acids is 1. The van der Waals surface area contributed by atoms with E-state index in [-0.39, 0.29) is 5.91 Å². The number of aromatic nitrogens is 1. The molecule has 0 radical (unpaired) electrons. The summed E-state index contributed by atoms with van der Waals surface area (Å²) < 4.78 is 0. The lowest BCUT2D eigenvalue weighted by Gasteiger charge is -2.04. The van der Waals surface area contributed by atoms with Crippen LogP contribution in [-0.2, 0) is 4.79 Å². The van der Waals surface area contributed by atoms with Crippen molar-refractivity contribution in [2.24, 2.45) is 0 Å². The number of hydrogen-bond donors (Lipinski definition) is 1. The maximum Gasteiger partial charge on any atom is 0.224 e. The first kappa shape index (κ1) is 13.8. The van der Waals surface area contributed by atoms with Crippen molar-refractivity contribution in [2.75, 3.05) is 5.32 Å². The molecule has 100 valence electrons. The molecule has 0 aliphatic rings. The minimum absolute atomic E-state index is 0.0299. The van der Waals surface area contributed by atoms with Gasteiger partial charge in [0, 0.05) is 23.9 Å². The highest BCUT2D eigenvalue weighted by atomic mass is 16.1. The fourth-order valence-electron chi connectivity index (χ4n) is 1.70. The molecule has 0 aliphatic heterocycles. The summed E-state index contributed by atoms with van der Waals surface area (Å²) in [6.07, 6.45) is 3.08. The van der Waals surface area contributed by atoms with Crippen molar-refractivity contribution in [1.29, 1.82) is 0 Å². The summed E-state index contributed by atoms with van der Waals surface area (Å²) in [5.74, 6) is 6.07. The molecule has 0 aliphatic carbocycles. The van der Waals surface area contributed by atoms with Crippen LogP contribution in [0.2, 0.25) is 0 Å². The van der Waals surface area contributed by atoms with Crippen molar-refractivity contribution in [3.05, 3.63) is 59.9 Å². The SMILES string of the molecule is CCCC(=O)Nc1cccc(C#Cc2ccccn2)c1.